The number of hydrogen-bond donors (Lipinski definition) is 1. The number of carbonyl (C=O) groups is 1. The third kappa shape index (κ3) is 4.61. The number of hydrogen-bond acceptors (Lipinski definition) is 5. The second-order valence-electron chi connectivity index (χ2n) is 6.51. The van der Waals surface area contributed by atoms with Crippen LogP contribution in [-0.2, 0) is 16.6 Å². The van der Waals surface area contributed by atoms with E-state index in [9.17, 15) is 9.00 Å². The monoisotopic (exact) mass is 394 g/mol. The van der Waals surface area contributed by atoms with Crippen molar-refractivity contribution in [1.82, 2.24) is 9.97 Å². The Bertz CT molecular complexity index is 1010. The molecule has 0 bridgehead atoms. The lowest BCUT2D eigenvalue weighted by atomic mass is 10.2. The van der Waals surface area contributed by atoms with Gasteiger partial charge in [0.05, 0.1) is 22.1 Å². The van der Waals surface area contributed by atoms with Crippen molar-refractivity contribution in [2.75, 3.05) is 24.3 Å². The number of nitrogens with one attached hydrogen (secondary N) is 1. The van der Waals surface area contributed by atoms with Crippen molar-refractivity contribution in [2.24, 2.45) is 0 Å². The van der Waals surface area contributed by atoms with Crippen molar-refractivity contribution in [2.45, 2.75) is 17.7 Å². The van der Waals surface area contributed by atoms with Gasteiger partial charge in [0.1, 0.15) is 5.03 Å². The molecule has 0 saturated carbocycles. The molecular formula is C21H22N4O2S. The van der Waals surface area contributed by atoms with Gasteiger partial charge in [-0.3, -0.25) is 14.0 Å². The molecule has 1 amide bonds. The highest BCUT2D eigenvalue weighted by Gasteiger charge is 2.20. The second kappa shape index (κ2) is 8.75. The van der Waals surface area contributed by atoms with E-state index in [1.807, 2.05) is 50.2 Å². The van der Waals surface area contributed by atoms with Gasteiger partial charge < -0.3 is 10.2 Å². The molecule has 144 valence electrons. The molecule has 2 heterocycles. The summed E-state index contributed by atoms with van der Waals surface area (Å²) in [6.07, 6.45) is 3.19. The highest BCUT2D eigenvalue weighted by Crippen LogP contribution is 2.23. The summed E-state index contributed by atoms with van der Waals surface area (Å²) in [7, 11) is 2.42. The highest BCUT2D eigenvalue weighted by atomic mass is 32.2. The number of benzene rings is 1. The van der Waals surface area contributed by atoms with Crippen LogP contribution in [0.5, 0.6) is 0 Å². The van der Waals surface area contributed by atoms with Crippen molar-refractivity contribution in [3.63, 3.8) is 0 Å². The molecule has 0 radical (unpaired) electrons. The van der Waals surface area contributed by atoms with E-state index in [-0.39, 0.29) is 11.7 Å². The summed E-state index contributed by atoms with van der Waals surface area (Å²) in [6.45, 7) is 1.82. The van der Waals surface area contributed by atoms with Gasteiger partial charge in [0, 0.05) is 43.6 Å². The van der Waals surface area contributed by atoms with Gasteiger partial charge in [-0.15, -0.1) is 0 Å². The molecule has 2 aromatic heterocycles. The SMILES string of the molecule is Cc1ccc(C(=O)Nc2ccncc2)c(S(=O)Cc2ccccc2N(C)C)n1. The van der Waals surface area contributed by atoms with E-state index >= 15 is 0 Å². The molecule has 6 nitrogen and oxygen atoms in total. The van der Waals surface area contributed by atoms with Crippen molar-refractivity contribution >= 4 is 28.1 Å². The topological polar surface area (TPSA) is 75.2 Å². The van der Waals surface area contributed by atoms with Crippen LogP contribution in [-0.4, -0.2) is 34.2 Å². The van der Waals surface area contributed by atoms with Gasteiger partial charge in [0.25, 0.3) is 5.91 Å². The Morgan fingerprint density at radius 2 is 1.79 bits per heavy atom. The maximum Gasteiger partial charge on any atom is 0.258 e. The maximum absolute atomic E-state index is 13.2. The minimum atomic E-state index is -1.47. The number of aromatic nitrogens is 2. The number of amides is 1. The van der Waals surface area contributed by atoms with E-state index < -0.39 is 10.8 Å². The number of anilines is 2. The molecule has 1 N–H and O–H groups in total. The Labute approximate surface area is 167 Å². The molecule has 7 heteroatoms. The molecule has 3 rings (SSSR count). The van der Waals surface area contributed by atoms with Crippen LogP contribution in [0.15, 0.2) is 66.0 Å². The molecule has 1 aromatic carbocycles. The first kappa shape index (κ1) is 19.7. The second-order valence-corrected chi connectivity index (χ2v) is 7.87. The van der Waals surface area contributed by atoms with Crippen LogP contribution < -0.4 is 10.2 Å². The van der Waals surface area contributed by atoms with Crippen LogP contribution in [0, 0.1) is 6.92 Å². The minimum Gasteiger partial charge on any atom is -0.377 e. The van der Waals surface area contributed by atoms with Gasteiger partial charge in [-0.25, -0.2) is 4.98 Å². The van der Waals surface area contributed by atoms with Crippen LogP contribution in [0.1, 0.15) is 21.6 Å². The lowest BCUT2D eigenvalue weighted by Gasteiger charge is -2.17. The number of para-hydroxylation sites is 1. The van der Waals surface area contributed by atoms with Crippen molar-refractivity contribution in [3.05, 3.63) is 77.7 Å². The molecule has 3 aromatic rings. The minimum absolute atomic E-state index is 0.278. The summed E-state index contributed by atoms with van der Waals surface area (Å²) in [6, 6.07) is 14.6. The number of aryl methyl sites for hydroxylation is 1. The first-order valence-electron chi connectivity index (χ1n) is 8.78. The van der Waals surface area contributed by atoms with Gasteiger partial charge in [-0.1, -0.05) is 18.2 Å². The average molecular weight is 395 g/mol. The lowest BCUT2D eigenvalue weighted by molar-refractivity contribution is 0.102. The Balaban J connectivity index is 1.90. The van der Waals surface area contributed by atoms with Gasteiger partial charge in [-0.05, 0) is 42.8 Å². The predicted octanol–water partition coefficient (Wildman–Crippen LogP) is 3.41. The lowest BCUT2D eigenvalue weighted by Crippen LogP contribution is -2.17. The molecule has 0 saturated heterocycles. The van der Waals surface area contributed by atoms with E-state index in [2.05, 4.69) is 15.3 Å². The number of nitrogens with zero attached hydrogens (tertiary/aromatic N) is 3. The Morgan fingerprint density at radius 3 is 2.50 bits per heavy atom. The van der Waals surface area contributed by atoms with Gasteiger partial charge >= 0.3 is 0 Å². The molecule has 0 aliphatic rings. The highest BCUT2D eigenvalue weighted by molar-refractivity contribution is 7.84. The number of pyridine rings is 2. The summed E-state index contributed by atoms with van der Waals surface area (Å²) in [5, 5.41) is 3.10. The molecule has 0 fully saturated rings. The molecule has 1 unspecified atom stereocenters. The van der Waals surface area contributed by atoms with Gasteiger partial charge in [0.15, 0.2) is 0 Å². The summed E-state index contributed by atoms with van der Waals surface area (Å²) >= 11 is 0. The Kier molecular flexibility index (Phi) is 6.16. The van der Waals surface area contributed by atoms with E-state index in [4.69, 9.17) is 0 Å². The average Bonchev–Trinajstić information content (AvgIpc) is 2.68. The van der Waals surface area contributed by atoms with Crippen molar-refractivity contribution in [3.8, 4) is 0 Å². The zero-order chi connectivity index (χ0) is 20.1. The van der Waals surface area contributed by atoms with Crippen LogP contribution in [0.4, 0.5) is 11.4 Å². The summed E-state index contributed by atoms with van der Waals surface area (Å²) in [5.41, 5.74) is 3.57. The Morgan fingerprint density at radius 1 is 1.07 bits per heavy atom. The normalized spacial score (nSPS) is 11.7. The third-order valence-electron chi connectivity index (χ3n) is 4.16. The fraction of sp³-hybridized carbons (Fsp3) is 0.190. The molecule has 28 heavy (non-hydrogen) atoms. The summed E-state index contributed by atoms with van der Waals surface area (Å²) in [5.74, 6) is -0.0664. The standard InChI is InChI=1S/C21H22N4O2S/c1-15-8-9-18(20(26)24-17-10-12-22-13-11-17)21(23-15)28(27)14-16-6-4-5-7-19(16)25(2)3/h4-13H,14H2,1-3H3,(H,22,24,26). The maximum atomic E-state index is 13.2. The quantitative estimate of drug-likeness (QED) is 0.693. The molecular weight excluding hydrogens is 372 g/mol. The Hall–Kier alpha value is -3.06. The third-order valence-corrected chi connectivity index (χ3v) is 5.47. The molecule has 0 aliphatic heterocycles. The van der Waals surface area contributed by atoms with E-state index in [1.54, 1.807) is 36.7 Å². The molecule has 0 spiro atoms. The zero-order valence-electron chi connectivity index (χ0n) is 16.0. The number of carbonyl (C=O) groups excluding carboxylic acids is 1. The summed E-state index contributed by atoms with van der Waals surface area (Å²) in [4.78, 5) is 23.1. The molecule has 0 aliphatic carbocycles. The first-order valence-corrected chi connectivity index (χ1v) is 10.1. The van der Waals surface area contributed by atoms with E-state index in [0.29, 0.717) is 22.0 Å². The number of rotatable bonds is 6. The zero-order valence-corrected chi connectivity index (χ0v) is 16.9. The van der Waals surface area contributed by atoms with Gasteiger partial charge in [0.2, 0.25) is 0 Å². The predicted molar refractivity (Wildman–Crippen MR) is 112 cm³/mol. The summed E-state index contributed by atoms with van der Waals surface area (Å²) < 4.78 is 13.2. The van der Waals surface area contributed by atoms with Crippen molar-refractivity contribution < 1.29 is 9.00 Å². The fourth-order valence-electron chi connectivity index (χ4n) is 2.79. The van der Waals surface area contributed by atoms with E-state index in [1.165, 1.54) is 0 Å². The smallest absolute Gasteiger partial charge is 0.258 e. The molecule has 1 atom stereocenters. The van der Waals surface area contributed by atoms with Crippen LogP contribution >= 0.6 is 0 Å². The van der Waals surface area contributed by atoms with E-state index in [0.717, 1.165) is 11.3 Å². The van der Waals surface area contributed by atoms with Crippen LogP contribution in [0.2, 0.25) is 0 Å². The van der Waals surface area contributed by atoms with Crippen molar-refractivity contribution in [1.29, 1.82) is 0 Å². The van der Waals surface area contributed by atoms with Crippen LogP contribution in [0.3, 0.4) is 0 Å². The van der Waals surface area contributed by atoms with Crippen LogP contribution in [0.25, 0.3) is 0 Å². The fourth-order valence-corrected chi connectivity index (χ4v) is 4.11. The first-order chi connectivity index (χ1) is 13.5. The largest absolute Gasteiger partial charge is 0.377 e. The van der Waals surface area contributed by atoms with Gasteiger partial charge in [-0.2, -0.15) is 0 Å².